The van der Waals surface area contributed by atoms with Crippen molar-refractivity contribution in [2.45, 2.75) is 39.2 Å². The van der Waals surface area contributed by atoms with Crippen LogP contribution in [0.25, 0.3) is 16.0 Å². The molecule has 0 aliphatic carbocycles. The SMILES string of the molecule is CCCCn1c(=O)c2sccc2n2c(CCC(=O)Nc3cccc(Cl)c3)nnc12. The number of benzene rings is 1. The van der Waals surface area contributed by atoms with E-state index in [0.29, 0.717) is 40.0 Å². The highest BCUT2D eigenvalue weighted by molar-refractivity contribution is 7.17. The summed E-state index contributed by atoms with van der Waals surface area (Å²) in [6.45, 7) is 2.68. The van der Waals surface area contributed by atoms with E-state index < -0.39 is 0 Å². The summed E-state index contributed by atoms with van der Waals surface area (Å²) >= 11 is 7.38. The van der Waals surface area contributed by atoms with Gasteiger partial charge in [-0.2, -0.15) is 0 Å². The maximum atomic E-state index is 12.8. The van der Waals surface area contributed by atoms with Crippen LogP contribution >= 0.6 is 22.9 Å². The van der Waals surface area contributed by atoms with Crippen molar-refractivity contribution in [3.8, 4) is 0 Å². The standard InChI is InChI=1S/C20H20ClN5O2S/c1-2-3-10-25-19(28)18-15(9-11-29-18)26-16(23-24-20(25)26)7-8-17(27)22-14-6-4-5-13(21)12-14/h4-6,9,11-12H,2-3,7-8,10H2,1H3,(H,22,27). The number of amides is 1. The quantitative estimate of drug-likeness (QED) is 0.479. The highest BCUT2D eigenvalue weighted by Crippen LogP contribution is 2.21. The number of unbranched alkanes of at least 4 members (excludes halogenated alkanes) is 1. The molecule has 9 heteroatoms. The average Bonchev–Trinajstić information content (AvgIpc) is 3.33. The van der Waals surface area contributed by atoms with Gasteiger partial charge in [0.25, 0.3) is 5.56 Å². The van der Waals surface area contributed by atoms with E-state index in [9.17, 15) is 9.59 Å². The van der Waals surface area contributed by atoms with Crippen LogP contribution in [0, 0.1) is 0 Å². The van der Waals surface area contributed by atoms with Crippen LogP contribution in [0.4, 0.5) is 5.69 Å². The van der Waals surface area contributed by atoms with E-state index in [4.69, 9.17) is 11.6 Å². The van der Waals surface area contributed by atoms with Crippen LogP contribution < -0.4 is 10.9 Å². The zero-order chi connectivity index (χ0) is 20.4. The van der Waals surface area contributed by atoms with Gasteiger partial charge in [-0.05, 0) is 36.1 Å². The summed E-state index contributed by atoms with van der Waals surface area (Å²) in [6.07, 6.45) is 2.51. The normalized spacial score (nSPS) is 11.4. The van der Waals surface area contributed by atoms with E-state index in [-0.39, 0.29) is 17.9 Å². The number of nitrogens with one attached hydrogen (secondary N) is 1. The van der Waals surface area contributed by atoms with Crippen LogP contribution in [0.5, 0.6) is 0 Å². The Morgan fingerprint density at radius 1 is 1.28 bits per heavy atom. The second-order valence-corrected chi connectivity index (χ2v) is 8.11. The van der Waals surface area contributed by atoms with E-state index in [1.54, 1.807) is 28.8 Å². The van der Waals surface area contributed by atoms with Crippen LogP contribution in [0.3, 0.4) is 0 Å². The minimum absolute atomic E-state index is 0.0337. The molecule has 0 aliphatic rings. The monoisotopic (exact) mass is 429 g/mol. The number of aryl methyl sites for hydroxylation is 2. The third kappa shape index (κ3) is 3.90. The van der Waals surface area contributed by atoms with Crippen LogP contribution in [0.1, 0.15) is 32.0 Å². The maximum absolute atomic E-state index is 12.8. The van der Waals surface area contributed by atoms with Crippen LogP contribution in [-0.4, -0.2) is 25.1 Å². The first-order chi connectivity index (χ1) is 14.1. The molecule has 0 saturated carbocycles. The third-order valence-corrected chi connectivity index (χ3v) is 5.83. The smallest absolute Gasteiger partial charge is 0.272 e. The molecule has 0 bridgehead atoms. The first kappa shape index (κ1) is 19.6. The fourth-order valence-electron chi connectivity index (χ4n) is 3.28. The molecule has 0 aliphatic heterocycles. The molecule has 150 valence electrons. The summed E-state index contributed by atoms with van der Waals surface area (Å²) in [5.74, 6) is 1.05. The summed E-state index contributed by atoms with van der Waals surface area (Å²) < 4.78 is 4.26. The predicted octanol–water partition coefficient (Wildman–Crippen LogP) is 4.13. The van der Waals surface area contributed by atoms with E-state index in [2.05, 4.69) is 22.4 Å². The van der Waals surface area contributed by atoms with Gasteiger partial charge in [-0.15, -0.1) is 21.5 Å². The molecule has 3 heterocycles. The number of hydrogen-bond acceptors (Lipinski definition) is 5. The topological polar surface area (TPSA) is 81.3 Å². The number of rotatable bonds is 7. The molecule has 0 fully saturated rings. The zero-order valence-electron chi connectivity index (χ0n) is 15.9. The molecule has 0 spiro atoms. The summed E-state index contributed by atoms with van der Waals surface area (Å²) in [5, 5.41) is 13.9. The number of halogens is 1. The average molecular weight is 430 g/mol. The lowest BCUT2D eigenvalue weighted by molar-refractivity contribution is -0.116. The number of nitrogens with zero attached hydrogens (tertiary/aromatic N) is 4. The number of aromatic nitrogens is 4. The van der Waals surface area contributed by atoms with Crippen molar-refractivity contribution in [3.63, 3.8) is 0 Å². The Kier molecular flexibility index (Phi) is 5.64. The zero-order valence-corrected chi connectivity index (χ0v) is 17.5. The molecule has 3 aromatic heterocycles. The van der Waals surface area contributed by atoms with Gasteiger partial charge in [-0.3, -0.25) is 18.6 Å². The highest BCUT2D eigenvalue weighted by atomic mass is 35.5. The fourth-order valence-corrected chi connectivity index (χ4v) is 4.29. The second kappa shape index (κ2) is 8.34. The first-order valence-corrected chi connectivity index (χ1v) is 10.7. The number of fused-ring (bicyclic) bond motifs is 3. The van der Waals surface area contributed by atoms with Crippen LogP contribution in [0.2, 0.25) is 5.02 Å². The van der Waals surface area contributed by atoms with Gasteiger partial charge in [0.2, 0.25) is 11.7 Å². The lowest BCUT2D eigenvalue weighted by Gasteiger charge is -2.09. The van der Waals surface area contributed by atoms with Gasteiger partial charge in [0, 0.05) is 30.1 Å². The van der Waals surface area contributed by atoms with Crippen LogP contribution in [-0.2, 0) is 17.8 Å². The van der Waals surface area contributed by atoms with Gasteiger partial charge in [0.05, 0.1) is 5.52 Å². The van der Waals surface area contributed by atoms with Crippen molar-refractivity contribution in [2.24, 2.45) is 0 Å². The predicted molar refractivity (Wildman–Crippen MR) is 116 cm³/mol. The molecule has 0 atom stereocenters. The van der Waals surface area contributed by atoms with Gasteiger partial charge in [0.1, 0.15) is 10.5 Å². The molecule has 4 rings (SSSR count). The van der Waals surface area contributed by atoms with Gasteiger partial charge >= 0.3 is 0 Å². The van der Waals surface area contributed by atoms with Gasteiger partial charge in [0.15, 0.2) is 0 Å². The van der Waals surface area contributed by atoms with Crippen molar-refractivity contribution < 1.29 is 4.79 Å². The van der Waals surface area contributed by atoms with E-state index >= 15 is 0 Å². The Morgan fingerprint density at radius 2 is 2.14 bits per heavy atom. The lowest BCUT2D eigenvalue weighted by Crippen LogP contribution is -2.23. The Balaban J connectivity index is 1.62. The Morgan fingerprint density at radius 3 is 2.93 bits per heavy atom. The third-order valence-electron chi connectivity index (χ3n) is 4.70. The Labute approximate surface area is 175 Å². The maximum Gasteiger partial charge on any atom is 0.272 e. The minimum Gasteiger partial charge on any atom is -0.326 e. The second-order valence-electron chi connectivity index (χ2n) is 6.76. The van der Waals surface area contributed by atoms with Crippen molar-refractivity contribution in [1.29, 1.82) is 0 Å². The molecule has 1 amide bonds. The van der Waals surface area contributed by atoms with Crippen LogP contribution in [0.15, 0.2) is 40.5 Å². The molecule has 7 nitrogen and oxygen atoms in total. The van der Waals surface area contributed by atoms with Gasteiger partial charge < -0.3 is 5.32 Å². The number of hydrogen-bond donors (Lipinski definition) is 1. The molecule has 0 unspecified atom stereocenters. The summed E-state index contributed by atoms with van der Waals surface area (Å²) in [7, 11) is 0. The summed E-state index contributed by atoms with van der Waals surface area (Å²) in [5.41, 5.74) is 1.41. The van der Waals surface area contributed by atoms with Crippen molar-refractivity contribution in [1.82, 2.24) is 19.2 Å². The molecule has 4 aromatic rings. The number of thiophene rings is 1. The molecule has 1 N–H and O–H groups in total. The minimum atomic E-state index is -0.134. The number of carbonyl (C=O) groups excluding carboxylic acids is 1. The molecule has 1 aromatic carbocycles. The van der Waals surface area contributed by atoms with E-state index in [0.717, 1.165) is 18.4 Å². The molecule has 29 heavy (non-hydrogen) atoms. The van der Waals surface area contributed by atoms with Crippen molar-refractivity contribution in [2.75, 3.05) is 5.32 Å². The van der Waals surface area contributed by atoms with Gasteiger partial charge in [-0.25, -0.2) is 0 Å². The Bertz CT molecular complexity index is 1240. The molecular formula is C20H20ClN5O2S. The number of carbonyl (C=O) groups is 1. The fraction of sp³-hybridized carbons (Fsp3) is 0.300. The molecule has 0 saturated heterocycles. The lowest BCUT2D eigenvalue weighted by atomic mass is 10.2. The molecular weight excluding hydrogens is 410 g/mol. The summed E-state index contributed by atoms with van der Waals surface area (Å²) in [4.78, 5) is 25.2. The van der Waals surface area contributed by atoms with Crippen molar-refractivity contribution in [3.05, 3.63) is 56.9 Å². The van der Waals surface area contributed by atoms with Crippen molar-refractivity contribution >= 4 is 50.5 Å². The van der Waals surface area contributed by atoms with E-state index in [1.165, 1.54) is 11.3 Å². The Hall–Kier alpha value is -2.71. The van der Waals surface area contributed by atoms with Gasteiger partial charge in [-0.1, -0.05) is 31.0 Å². The molecule has 0 radical (unpaired) electrons. The largest absolute Gasteiger partial charge is 0.326 e. The first-order valence-electron chi connectivity index (χ1n) is 9.48. The summed E-state index contributed by atoms with van der Waals surface area (Å²) in [6, 6.07) is 8.93. The highest BCUT2D eigenvalue weighted by Gasteiger charge is 2.17. The number of anilines is 1. The van der Waals surface area contributed by atoms with E-state index in [1.807, 2.05) is 15.8 Å².